The Morgan fingerprint density at radius 1 is 1.29 bits per heavy atom. The summed E-state index contributed by atoms with van der Waals surface area (Å²) in [5.41, 5.74) is 1.95. The molecule has 1 aromatic carbocycles. The minimum atomic E-state index is -0.477. The van der Waals surface area contributed by atoms with E-state index in [9.17, 15) is 9.59 Å². The molecule has 0 saturated carbocycles. The summed E-state index contributed by atoms with van der Waals surface area (Å²) in [6.07, 6.45) is 3.17. The van der Waals surface area contributed by atoms with Crippen molar-refractivity contribution in [2.45, 2.75) is 39.2 Å². The molecule has 1 aliphatic heterocycles. The van der Waals surface area contributed by atoms with E-state index in [1.54, 1.807) is 6.07 Å². The van der Waals surface area contributed by atoms with Gasteiger partial charge >= 0.3 is 5.97 Å². The van der Waals surface area contributed by atoms with Gasteiger partial charge in [-0.2, -0.15) is 0 Å². The van der Waals surface area contributed by atoms with Gasteiger partial charge in [-0.15, -0.1) is 0 Å². The summed E-state index contributed by atoms with van der Waals surface area (Å²) in [6, 6.07) is 9.36. The van der Waals surface area contributed by atoms with Crippen LogP contribution in [0.2, 0.25) is 0 Å². The van der Waals surface area contributed by atoms with Crippen LogP contribution in [0.4, 0.5) is 0 Å². The lowest BCUT2D eigenvalue weighted by Gasteiger charge is -2.33. The molecule has 1 saturated heterocycles. The van der Waals surface area contributed by atoms with E-state index in [0.717, 1.165) is 42.4 Å². The Balaban J connectivity index is 1.72. The summed E-state index contributed by atoms with van der Waals surface area (Å²) in [5.74, 6) is -0.597. The molecule has 1 unspecified atom stereocenters. The average Bonchev–Trinajstić information content (AvgIpc) is 2.59. The minimum Gasteiger partial charge on any atom is -0.452 e. The van der Waals surface area contributed by atoms with Crippen molar-refractivity contribution in [3.63, 3.8) is 0 Å². The second kappa shape index (κ2) is 6.99. The Kier molecular flexibility index (Phi) is 4.79. The van der Waals surface area contributed by atoms with Crippen LogP contribution in [0, 0.1) is 6.92 Å². The Labute approximate surface area is 141 Å². The van der Waals surface area contributed by atoms with Gasteiger partial charge in [-0.3, -0.25) is 9.78 Å². The number of aromatic nitrogens is 1. The summed E-state index contributed by atoms with van der Waals surface area (Å²) < 4.78 is 5.30. The fraction of sp³-hybridized carbons (Fsp3) is 0.421. The van der Waals surface area contributed by atoms with E-state index in [4.69, 9.17) is 4.74 Å². The van der Waals surface area contributed by atoms with Crippen molar-refractivity contribution in [2.24, 2.45) is 0 Å². The molecule has 0 radical (unpaired) electrons. The Hall–Kier alpha value is -2.43. The van der Waals surface area contributed by atoms with Crippen LogP contribution in [0.5, 0.6) is 0 Å². The normalized spacial score (nSPS) is 17.8. The van der Waals surface area contributed by atoms with Gasteiger partial charge in [0.05, 0.1) is 11.1 Å². The van der Waals surface area contributed by atoms with Crippen LogP contribution in [-0.2, 0) is 9.53 Å². The van der Waals surface area contributed by atoms with E-state index >= 15 is 0 Å². The van der Waals surface area contributed by atoms with Gasteiger partial charge in [0, 0.05) is 23.7 Å². The fourth-order valence-electron chi connectivity index (χ4n) is 3.23. The number of likely N-dealkylation sites (tertiary alicyclic amines) is 1. The summed E-state index contributed by atoms with van der Waals surface area (Å²) in [6.45, 7) is 4.41. The molecule has 1 aliphatic rings. The third-order valence-electron chi connectivity index (χ3n) is 4.51. The highest BCUT2D eigenvalue weighted by Crippen LogP contribution is 2.20. The number of hydrogen-bond acceptors (Lipinski definition) is 4. The number of hydrogen-bond donors (Lipinski definition) is 0. The first-order valence-electron chi connectivity index (χ1n) is 8.39. The standard InChI is InChI=1S/C19H22N2O3/c1-13-11-16(15-8-3-4-9-17(15)20-13)19(23)24-12-18(22)21-10-6-5-7-14(21)2/h3-4,8-9,11,14H,5-7,10,12H2,1-2H3. The van der Waals surface area contributed by atoms with Crippen LogP contribution in [0.3, 0.4) is 0 Å². The zero-order chi connectivity index (χ0) is 17.1. The zero-order valence-electron chi connectivity index (χ0n) is 14.1. The molecule has 24 heavy (non-hydrogen) atoms. The molecule has 1 aromatic heterocycles. The fourth-order valence-corrected chi connectivity index (χ4v) is 3.23. The number of amides is 1. The molecule has 3 rings (SSSR count). The van der Waals surface area contributed by atoms with Crippen LogP contribution >= 0.6 is 0 Å². The topological polar surface area (TPSA) is 59.5 Å². The molecule has 0 N–H and O–H groups in total. The minimum absolute atomic E-state index is 0.120. The van der Waals surface area contributed by atoms with Crippen molar-refractivity contribution in [1.29, 1.82) is 0 Å². The number of fused-ring (bicyclic) bond motifs is 1. The van der Waals surface area contributed by atoms with E-state index in [0.29, 0.717) is 5.56 Å². The van der Waals surface area contributed by atoms with Gasteiger partial charge in [0.15, 0.2) is 6.61 Å². The molecular formula is C19H22N2O3. The molecule has 126 valence electrons. The first-order chi connectivity index (χ1) is 11.6. The van der Waals surface area contributed by atoms with Gasteiger partial charge in [0.1, 0.15) is 0 Å². The van der Waals surface area contributed by atoms with Crippen molar-refractivity contribution in [3.05, 3.63) is 41.6 Å². The third-order valence-corrected chi connectivity index (χ3v) is 4.51. The first-order valence-corrected chi connectivity index (χ1v) is 8.39. The molecule has 0 aliphatic carbocycles. The van der Waals surface area contributed by atoms with Crippen molar-refractivity contribution >= 4 is 22.8 Å². The lowest BCUT2D eigenvalue weighted by atomic mass is 10.0. The summed E-state index contributed by atoms with van der Waals surface area (Å²) >= 11 is 0. The lowest BCUT2D eigenvalue weighted by Crippen LogP contribution is -2.44. The highest BCUT2D eigenvalue weighted by atomic mass is 16.5. The molecule has 5 heteroatoms. The maximum Gasteiger partial charge on any atom is 0.339 e. The van der Waals surface area contributed by atoms with Gasteiger partial charge in [0.25, 0.3) is 5.91 Å². The summed E-state index contributed by atoms with van der Waals surface area (Å²) in [7, 11) is 0. The molecule has 1 fully saturated rings. The molecule has 2 aromatic rings. The van der Waals surface area contributed by atoms with Crippen LogP contribution < -0.4 is 0 Å². The van der Waals surface area contributed by atoms with Gasteiger partial charge in [-0.25, -0.2) is 4.79 Å². The number of ether oxygens (including phenoxy) is 1. The first kappa shape index (κ1) is 16.4. The van der Waals surface area contributed by atoms with Gasteiger partial charge in [-0.1, -0.05) is 18.2 Å². The molecule has 1 amide bonds. The van der Waals surface area contributed by atoms with Crippen molar-refractivity contribution in [2.75, 3.05) is 13.2 Å². The molecule has 1 atom stereocenters. The summed E-state index contributed by atoms with van der Waals surface area (Å²) in [5, 5.41) is 0.742. The number of benzene rings is 1. The SMILES string of the molecule is Cc1cc(C(=O)OCC(=O)N2CCCCC2C)c2ccccc2n1. The number of piperidine rings is 1. The molecule has 0 spiro atoms. The Bertz CT molecular complexity index is 772. The van der Waals surface area contributed by atoms with Gasteiger partial charge < -0.3 is 9.64 Å². The highest BCUT2D eigenvalue weighted by molar-refractivity contribution is 6.04. The van der Waals surface area contributed by atoms with Crippen LogP contribution in [-0.4, -0.2) is 41.0 Å². The number of rotatable bonds is 3. The lowest BCUT2D eigenvalue weighted by molar-refractivity contribution is -0.137. The Morgan fingerprint density at radius 3 is 2.88 bits per heavy atom. The van der Waals surface area contributed by atoms with Crippen molar-refractivity contribution < 1.29 is 14.3 Å². The van der Waals surface area contributed by atoms with Crippen molar-refractivity contribution in [1.82, 2.24) is 9.88 Å². The maximum atomic E-state index is 12.5. The number of aryl methyl sites for hydroxylation is 1. The predicted octanol–water partition coefficient (Wildman–Crippen LogP) is 3.10. The quantitative estimate of drug-likeness (QED) is 0.813. The van der Waals surface area contributed by atoms with E-state index in [-0.39, 0.29) is 18.6 Å². The third kappa shape index (κ3) is 3.40. The average molecular weight is 326 g/mol. The van der Waals surface area contributed by atoms with Gasteiger partial charge in [-0.05, 0) is 45.2 Å². The van der Waals surface area contributed by atoms with E-state index < -0.39 is 5.97 Å². The summed E-state index contributed by atoms with van der Waals surface area (Å²) in [4.78, 5) is 31.0. The van der Waals surface area contributed by atoms with Crippen LogP contribution in [0.15, 0.2) is 30.3 Å². The molecule has 2 heterocycles. The number of para-hydroxylation sites is 1. The largest absolute Gasteiger partial charge is 0.452 e. The number of carbonyl (C=O) groups excluding carboxylic acids is 2. The highest BCUT2D eigenvalue weighted by Gasteiger charge is 2.24. The number of carbonyl (C=O) groups is 2. The Morgan fingerprint density at radius 2 is 2.08 bits per heavy atom. The predicted molar refractivity (Wildman–Crippen MR) is 91.8 cm³/mol. The molecule has 5 nitrogen and oxygen atoms in total. The van der Waals surface area contributed by atoms with Crippen LogP contribution in [0.1, 0.15) is 42.2 Å². The molecule has 0 bridgehead atoms. The zero-order valence-corrected chi connectivity index (χ0v) is 14.1. The smallest absolute Gasteiger partial charge is 0.339 e. The second-order valence-electron chi connectivity index (χ2n) is 6.34. The van der Waals surface area contributed by atoms with E-state index in [2.05, 4.69) is 4.98 Å². The van der Waals surface area contributed by atoms with E-state index in [1.807, 2.05) is 43.0 Å². The van der Waals surface area contributed by atoms with Gasteiger partial charge in [0.2, 0.25) is 0 Å². The van der Waals surface area contributed by atoms with Crippen molar-refractivity contribution in [3.8, 4) is 0 Å². The second-order valence-corrected chi connectivity index (χ2v) is 6.34. The molecular weight excluding hydrogens is 304 g/mol. The number of nitrogens with zero attached hydrogens (tertiary/aromatic N) is 2. The maximum absolute atomic E-state index is 12.5. The van der Waals surface area contributed by atoms with Crippen LogP contribution in [0.25, 0.3) is 10.9 Å². The van der Waals surface area contributed by atoms with E-state index in [1.165, 1.54) is 0 Å². The number of pyridine rings is 1. The monoisotopic (exact) mass is 326 g/mol. The number of esters is 1.